The van der Waals surface area contributed by atoms with E-state index in [0.717, 1.165) is 11.3 Å². The first-order chi connectivity index (χ1) is 18.5. The summed E-state index contributed by atoms with van der Waals surface area (Å²) in [6.45, 7) is 1.34. The van der Waals surface area contributed by atoms with E-state index in [0.29, 0.717) is 48.8 Å². The number of piperazine rings is 1. The average Bonchev–Trinajstić information content (AvgIpc) is 2.97. The number of para-hydroxylation sites is 2. The Morgan fingerprint density at radius 2 is 1.58 bits per heavy atom. The Morgan fingerprint density at radius 3 is 2.29 bits per heavy atom. The zero-order chi connectivity index (χ0) is 26.6. The van der Waals surface area contributed by atoms with Crippen molar-refractivity contribution < 1.29 is 19.1 Å². The largest absolute Gasteiger partial charge is 0.497 e. The van der Waals surface area contributed by atoms with Gasteiger partial charge in [0.2, 0.25) is 5.91 Å². The molecule has 0 spiro atoms. The zero-order valence-corrected chi connectivity index (χ0v) is 21.2. The molecule has 0 radical (unpaired) electrons. The second kappa shape index (κ2) is 10.7. The molecule has 2 amide bonds. The first-order valence-electron chi connectivity index (χ1n) is 12.2. The van der Waals surface area contributed by atoms with Gasteiger partial charge in [0.15, 0.2) is 11.3 Å². The molecule has 0 bridgehead atoms. The summed E-state index contributed by atoms with van der Waals surface area (Å²) < 4.78 is 12.0. The molecule has 10 nitrogen and oxygen atoms in total. The Hall–Kier alpha value is -4.73. The van der Waals surface area contributed by atoms with E-state index in [-0.39, 0.29) is 18.0 Å². The molecule has 1 fully saturated rings. The summed E-state index contributed by atoms with van der Waals surface area (Å²) in [5, 5.41) is 0. The summed E-state index contributed by atoms with van der Waals surface area (Å²) in [6, 6.07) is 17.8. The number of pyridine rings is 1. The predicted molar refractivity (Wildman–Crippen MR) is 141 cm³/mol. The van der Waals surface area contributed by atoms with Crippen molar-refractivity contribution in [1.82, 2.24) is 24.3 Å². The number of ether oxygens (including phenoxy) is 2. The van der Waals surface area contributed by atoms with Crippen LogP contribution in [0.15, 0.2) is 71.7 Å². The van der Waals surface area contributed by atoms with Crippen LogP contribution in [0.5, 0.6) is 11.5 Å². The van der Waals surface area contributed by atoms with E-state index in [1.54, 1.807) is 59.5 Å². The lowest BCUT2D eigenvalue weighted by Gasteiger charge is -2.34. The topological polar surface area (TPSA) is 107 Å². The molecule has 1 aliphatic rings. The maximum Gasteiger partial charge on any atom is 0.288 e. The summed E-state index contributed by atoms with van der Waals surface area (Å²) >= 11 is 0. The summed E-state index contributed by atoms with van der Waals surface area (Å²) in [5.41, 5.74) is 1.31. The number of hydrogen-bond donors (Lipinski definition) is 0. The molecule has 4 aromatic rings. The van der Waals surface area contributed by atoms with E-state index < -0.39 is 11.5 Å². The zero-order valence-electron chi connectivity index (χ0n) is 21.2. The quantitative estimate of drug-likeness (QED) is 0.390. The van der Waals surface area contributed by atoms with Gasteiger partial charge in [-0.2, -0.15) is 0 Å². The van der Waals surface area contributed by atoms with E-state index in [1.807, 2.05) is 24.3 Å². The third kappa shape index (κ3) is 4.80. The number of amides is 2. The number of carbonyl (C=O) groups excluding carboxylic acids is 2. The van der Waals surface area contributed by atoms with Gasteiger partial charge in [-0.15, -0.1) is 0 Å². The lowest BCUT2D eigenvalue weighted by atomic mass is 10.1. The van der Waals surface area contributed by atoms with Crippen molar-refractivity contribution in [3.05, 3.63) is 88.5 Å². The lowest BCUT2D eigenvalue weighted by Crippen LogP contribution is -2.52. The van der Waals surface area contributed by atoms with E-state index >= 15 is 0 Å². The number of nitrogens with zero attached hydrogens (tertiary/aromatic N) is 5. The third-order valence-corrected chi connectivity index (χ3v) is 6.58. The van der Waals surface area contributed by atoms with Gasteiger partial charge in [-0.05, 0) is 42.0 Å². The summed E-state index contributed by atoms with van der Waals surface area (Å²) in [4.78, 5) is 52.0. The Kier molecular flexibility index (Phi) is 7.03. The molecule has 38 heavy (non-hydrogen) atoms. The van der Waals surface area contributed by atoms with Crippen LogP contribution in [0, 0.1) is 0 Å². The second-order valence-corrected chi connectivity index (χ2v) is 8.82. The van der Waals surface area contributed by atoms with Crippen LogP contribution in [-0.2, 0) is 11.2 Å². The molecule has 2 aromatic heterocycles. The van der Waals surface area contributed by atoms with Crippen molar-refractivity contribution in [2.24, 2.45) is 0 Å². The minimum absolute atomic E-state index is 0.0179. The Labute approximate surface area is 219 Å². The maximum atomic E-state index is 13.6. The molecule has 0 unspecified atom stereocenters. The molecule has 1 saturated heterocycles. The first kappa shape index (κ1) is 24.9. The van der Waals surface area contributed by atoms with Crippen LogP contribution in [0.1, 0.15) is 16.1 Å². The Balaban J connectivity index is 1.37. The summed E-state index contributed by atoms with van der Waals surface area (Å²) in [5.74, 6) is 0.702. The highest BCUT2D eigenvalue weighted by atomic mass is 16.5. The molecule has 5 rings (SSSR count). The number of benzene rings is 2. The van der Waals surface area contributed by atoms with Crippen LogP contribution in [0.2, 0.25) is 0 Å². The maximum absolute atomic E-state index is 13.6. The number of aromatic nitrogens is 3. The second-order valence-electron chi connectivity index (χ2n) is 8.82. The van der Waals surface area contributed by atoms with Crippen LogP contribution in [0.4, 0.5) is 0 Å². The van der Waals surface area contributed by atoms with E-state index in [9.17, 15) is 14.4 Å². The molecule has 0 aliphatic carbocycles. The summed E-state index contributed by atoms with van der Waals surface area (Å²) in [7, 11) is 3.11. The van der Waals surface area contributed by atoms with Gasteiger partial charge < -0.3 is 19.3 Å². The summed E-state index contributed by atoms with van der Waals surface area (Å²) in [6.07, 6.45) is 1.83. The van der Waals surface area contributed by atoms with E-state index in [2.05, 4.69) is 9.97 Å². The van der Waals surface area contributed by atoms with Crippen molar-refractivity contribution in [3.63, 3.8) is 0 Å². The minimum Gasteiger partial charge on any atom is -0.497 e. The molecule has 1 aliphatic heterocycles. The molecule has 2 aromatic carbocycles. The van der Waals surface area contributed by atoms with Gasteiger partial charge in [-0.25, -0.2) is 9.97 Å². The lowest BCUT2D eigenvalue weighted by molar-refractivity contribution is -0.131. The highest BCUT2D eigenvalue weighted by Crippen LogP contribution is 2.24. The van der Waals surface area contributed by atoms with Gasteiger partial charge in [0, 0.05) is 32.4 Å². The number of rotatable bonds is 6. The SMILES string of the molecule is COc1ccc(CC(=O)N2CCN(C(=O)c3nc4cccnc4n(-c4ccccc4OC)c3=O)CC2)cc1. The molecule has 0 saturated carbocycles. The average molecular weight is 514 g/mol. The highest BCUT2D eigenvalue weighted by molar-refractivity contribution is 5.94. The van der Waals surface area contributed by atoms with Gasteiger partial charge in [0.05, 0.1) is 26.3 Å². The van der Waals surface area contributed by atoms with Crippen molar-refractivity contribution in [2.75, 3.05) is 40.4 Å². The molecule has 10 heteroatoms. The third-order valence-electron chi connectivity index (χ3n) is 6.58. The minimum atomic E-state index is -0.580. The monoisotopic (exact) mass is 513 g/mol. The smallest absolute Gasteiger partial charge is 0.288 e. The fourth-order valence-corrected chi connectivity index (χ4v) is 4.53. The van der Waals surface area contributed by atoms with Crippen LogP contribution in [-0.4, -0.2) is 76.5 Å². The molecule has 194 valence electrons. The van der Waals surface area contributed by atoms with Crippen molar-refractivity contribution in [3.8, 4) is 17.2 Å². The van der Waals surface area contributed by atoms with Crippen LogP contribution in [0.25, 0.3) is 16.9 Å². The Morgan fingerprint density at radius 1 is 0.868 bits per heavy atom. The van der Waals surface area contributed by atoms with Gasteiger partial charge in [-0.3, -0.25) is 19.0 Å². The molecular formula is C28H27N5O5. The number of methoxy groups -OCH3 is 2. The van der Waals surface area contributed by atoms with Gasteiger partial charge >= 0.3 is 0 Å². The van der Waals surface area contributed by atoms with E-state index in [1.165, 1.54) is 11.7 Å². The van der Waals surface area contributed by atoms with Crippen LogP contribution in [0.3, 0.4) is 0 Å². The predicted octanol–water partition coefficient (Wildman–Crippen LogP) is 2.33. The number of fused-ring (bicyclic) bond motifs is 1. The molecule has 0 N–H and O–H groups in total. The molecular weight excluding hydrogens is 486 g/mol. The molecule has 0 atom stereocenters. The normalized spacial score (nSPS) is 13.4. The number of carbonyl (C=O) groups is 2. The number of hydrogen-bond acceptors (Lipinski definition) is 7. The van der Waals surface area contributed by atoms with Gasteiger partial charge in [-0.1, -0.05) is 24.3 Å². The van der Waals surface area contributed by atoms with Crippen LogP contribution < -0.4 is 15.0 Å². The fourth-order valence-electron chi connectivity index (χ4n) is 4.53. The van der Waals surface area contributed by atoms with Crippen molar-refractivity contribution in [2.45, 2.75) is 6.42 Å². The standard InChI is InChI=1S/C28H27N5O5/c1-37-20-11-9-19(10-12-20)18-24(34)31-14-16-32(17-15-31)27(35)25-28(36)33(22-7-3-4-8-23(22)38-2)26-21(30-25)6-5-13-29-26/h3-13H,14-18H2,1-2H3. The fraction of sp³-hybridized carbons (Fsp3) is 0.250. The molecule has 3 heterocycles. The first-order valence-corrected chi connectivity index (χ1v) is 12.2. The van der Waals surface area contributed by atoms with Crippen molar-refractivity contribution in [1.29, 1.82) is 0 Å². The van der Waals surface area contributed by atoms with E-state index in [4.69, 9.17) is 9.47 Å². The van der Waals surface area contributed by atoms with Crippen molar-refractivity contribution >= 4 is 23.0 Å². The van der Waals surface area contributed by atoms with Crippen LogP contribution >= 0.6 is 0 Å². The van der Waals surface area contributed by atoms with Gasteiger partial charge in [0.1, 0.15) is 17.0 Å². The van der Waals surface area contributed by atoms with Gasteiger partial charge in [0.25, 0.3) is 11.5 Å². The Bertz CT molecular complexity index is 1540. The highest BCUT2D eigenvalue weighted by Gasteiger charge is 2.29.